The van der Waals surface area contributed by atoms with Crippen LogP contribution in [0.3, 0.4) is 0 Å². The number of hydrogen-bond acceptors (Lipinski definition) is 5. The lowest BCUT2D eigenvalue weighted by atomic mass is 10.2. The Labute approximate surface area is 108 Å². The number of rotatable bonds is 4. The van der Waals surface area contributed by atoms with Crippen LogP contribution < -0.4 is 11.1 Å². The van der Waals surface area contributed by atoms with E-state index >= 15 is 0 Å². The molecule has 0 aromatic carbocycles. The van der Waals surface area contributed by atoms with Gasteiger partial charge < -0.3 is 20.5 Å². The van der Waals surface area contributed by atoms with Crippen molar-refractivity contribution in [1.82, 2.24) is 5.32 Å². The van der Waals surface area contributed by atoms with Crippen molar-refractivity contribution in [1.29, 1.82) is 0 Å². The molecule has 0 heterocycles. The van der Waals surface area contributed by atoms with Crippen LogP contribution in [-0.4, -0.2) is 37.4 Å². The van der Waals surface area contributed by atoms with Gasteiger partial charge >= 0.3 is 12.1 Å². The van der Waals surface area contributed by atoms with Crippen molar-refractivity contribution in [2.24, 2.45) is 5.73 Å². The molecule has 0 saturated heterocycles. The Hall–Kier alpha value is -1.01. The van der Waals surface area contributed by atoms with E-state index in [0.717, 1.165) is 0 Å². The van der Waals surface area contributed by atoms with Crippen LogP contribution in [0.5, 0.6) is 0 Å². The predicted octanol–water partition coefficient (Wildman–Crippen LogP) is 0.823. The molecule has 0 aliphatic rings. The van der Waals surface area contributed by atoms with Crippen molar-refractivity contribution in [2.75, 3.05) is 13.7 Å². The minimum absolute atomic E-state index is 0. The molecule has 0 aromatic rings. The molecule has 102 valence electrons. The quantitative estimate of drug-likeness (QED) is 0.737. The third kappa shape index (κ3) is 9.89. The summed E-state index contributed by atoms with van der Waals surface area (Å²) in [6.07, 6.45) is -0.212. The van der Waals surface area contributed by atoms with Gasteiger partial charge in [-0.3, -0.25) is 4.79 Å². The standard InChI is InChI=1S/C10H20N2O4.ClH/c1-10(2,3)16-9(14)12-6-5-7(11)8(13)15-4;/h7H,5-6,11H2,1-4H3,(H,12,14);1H. The molecule has 6 nitrogen and oxygen atoms in total. The molecule has 0 saturated carbocycles. The van der Waals surface area contributed by atoms with Crippen molar-refractivity contribution in [3.63, 3.8) is 0 Å². The Morgan fingerprint density at radius 3 is 2.29 bits per heavy atom. The first kappa shape index (κ1) is 18.4. The van der Waals surface area contributed by atoms with E-state index in [9.17, 15) is 9.59 Å². The van der Waals surface area contributed by atoms with Gasteiger partial charge in [0.2, 0.25) is 0 Å². The number of nitrogens with two attached hydrogens (primary N) is 1. The Balaban J connectivity index is 0. The average Bonchev–Trinajstić information content (AvgIpc) is 2.13. The van der Waals surface area contributed by atoms with Gasteiger partial charge in [-0.05, 0) is 27.2 Å². The molecule has 7 heteroatoms. The fourth-order valence-corrected chi connectivity index (χ4v) is 0.913. The highest BCUT2D eigenvalue weighted by Crippen LogP contribution is 2.06. The normalized spacial score (nSPS) is 12.1. The summed E-state index contributed by atoms with van der Waals surface area (Å²) < 4.78 is 9.44. The van der Waals surface area contributed by atoms with Crippen LogP contribution in [0, 0.1) is 0 Å². The van der Waals surface area contributed by atoms with Gasteiger partial charge in [0.15, 0.2) is 0 Å². The minimum Gasteiger partial charge on any atom is -0.468 e. The third-order valence-electron chi connectivity index (χ3n) is 1.63. The van der Waals surface area contributed by atoms with Crippen molar-refractivity contribution in [2.45, 2.75) is 38.8 Å². The van der Waals surface area contributed by atoms with Crippen molar-refractivity contribution >= 4 is 24.5 Å². The fraction of sp³-hybridized carbons (Fsp3) is 0.800. The molecular weight excluding hydrogens is 248 g/mol. The zero-order valence-electron chi connectivity index (χ0n) is 10.6. The topological polar surface area (TPSA) is 90.6 Å². The average molecular weight is 269 g/mol. The number of carbonyl (C=O) groups is 2. The molecule has 0 bridgehead atoms. The number of methoxy groups -OCH3 is 1. The van der Waals surface area contributed by atoms with Gasteiger partial charge in [-0.1, -0.05) is 0 Å². The molecule has 17 heavy (non-hydrogen) atoms. The predicted molar refractivity (Wildman–Crippen MR) is 66.1 cm³/mol. The van der Waals surface area contributed by atoms with E-state index < -0.39 is 23.7 Å². The summed E-state index contributed by atoms with van der Waals surface area (Å²) in [6.45, 7) is 5.58. The van der Waals surface area contributed by atoms with Gasteiger partial charge in [0.1, 0.15) is 11.6 Å². The number of nitrogens with one attached hydrogen (secondary N) is 1. The van der Waals surface area contributed by atoms with E-state index in [1.807, 2.05) is 0 Å². The molecule has 0 aliphatic carbocycles. The Morgan fingerprint density at radius 2 is 1.88 bits per heavy atom. The summed E-state index contributed by atoms with van der Waals surface area (Å²) in [5, 5.41) is 2.50. The molecule has 1 atom stereocenters. The fourth-order valence-electron chi connectivity index (χ4n) is 0.913. The molecule has 1 amide bonds. The van der Waals surface area contributed by atoms with Crippen LogP contribution in [0.1, 0.15) is 27.2 Å². The molecule has 0 aliphatic heterocycles. The summed E-state index contributed by atoms with van der Waals surface area (Å²) in [5.74, 6) is -0.494. The molecular formula is C10H21ClN2O4. The molecule has 0 radical (unpaired) electrons. The number of alkyl carbamates (subject to hydrolysis) is 1. The zero-order valence-corrected chi connectivity index (χ0v) is 11.4. The summed E-state index contributed by atoms with van der Waals surface area (Å²) in [4.78, 5) is 22.1. The van der Waals surface area contributed by atoms with Crippen LogP contribution in [0.15, 0.2) is 0 Å². The SMILES string of the molecule is COC(=O)C(N)CCNC(=O)OC(C)(C)C.Cl. The van der Waals surface area contributed by atoms with Crippen LogP contribution in [0.25, 0.3) is 0 Å². The highest BCUT2D eigenvalue weighted by Gasteiger charge is 2.17. The van der Waals surface area contributed by atoms with Crippen LogP contribution >= 0.6 is 12.4 Å². The van der Waals surface area contributed by atoms with Gasteiger partial charge in [-0.2, -0.15) is 0 Å². The van der Waals surface area contributed by atoms with Gasteiger partial charge in [0.05, 0.1) is 7.11 Å². The molecule has 0 fully saturated rings. The lowest BCUT2D eigenvalue weighted by Gasteiger charge is -2.19. The van der Waals surface area contributed by atoms with Gasteiger partial charge in [0.25, 0.3) is 0 Å². The molecule has 1 unspecified atom stereocenters. The van der Waals surface area contributed by atoms with E-state index in [1.165, 1.54) is 7.11 Å². The van der Waals surface area contributed by atoms with Gasteiger partial charge in [-0.25, -0.2) is 4.79 Å². The molecule has 0 spiro atoms. The molecule has 0 rings (SSSR count). The van der Waals surface area contributed by atoms with Crippen LogP contribution in [0.2, 0.25) is 0 Å². The number of carbonyl (C=O) groups excluding carboxylic acids is 2. The van der Waals surface area contributed by atoms with Gasteiger partial charge in [-0.15, -0.1) is 12.4 Å². The second kappa shape index (κ2) is 8.14. The summed E-state index contributed by atoms with van der Waals surface area (Å²) in [7, 11) is 1.27. The lowest BCUT2D eigenvalue weighted by Crippen LogP contribution is -2.38. The molecule has 0 aromatic heterocycles. The van der Waals surface area contributed by atoms with Crippen molar-refractivity contribution in [3.05, 3.63) is 0 Å². The zero-order chi connectivity index (χ0) is 12.8. The summed E-state index contributed by atoms with van der Waals surface area (Å²) in [5.41, 5.74) is 4.94. The smallest absolute Gasteiger partial charge is 0.407 e. The first-order valence-corrected chi connectivity index (χ1v) is 5.06. The number of esters is 1. The van der Waals surface area contributed by atoms with Gasteiger partial charge in [0, 0.05) is 6.54 Å². The summed E-state index contributed by atoms with van der Waals surface area (Å²) in [6, 6.07) is -0.722. The largest absolute Gasteiger partial charge is 0.468 e. The van der Waals surface area contributed by atoms with E-state index in [4.69, 9.17) is 10.5 Å². The number of halogens is 1. The Bertz CT molecular complexity index is 253. The monoisotopic (exact) mass is 268 g/mol. The maximum Gasteiger partial charge on any atom is 0.407 e. The first-order valence-electron chi connectivity index (χ1n) is 5.06. The maximum atomic E-state index is 11.2. The number of hydrogen-bond donors (Lipinski definition) is 2. The van der Waals surface area contributed by atoms with E-state index in [0.29, 0.717) is 6.42 Å². The van der Waals surface area contributed by atoms with Crippen LogP contribution in [0.4, 0.5) is 4.79 Å². The minimum atomic E-state index is -0.722. The first-order chi connectivity index (χ1) is 7.26. The van der Waals surface area contributed by atoms with Crippen LogP contribution in [-0.2, 0) is 14.3 Å². The number of ether oxygens (including phenoxy) is 2. The summed E-state index contributed by atoms with van der Waals surface area (Å²) >= 11 is 0. The van der Waals surface area contributed by atoms with Crippen molar-refractivity contribution in [3.8, 4) is 0 Å². The second-order valence-electron chi connectivity index (χ2n) is 4.35. The lowest BCUT2D eigenvalue weighted by molar-refractivity contribution is -0.142. The third-order valence-corrected chi connectivity index (χ3v) is 1.63. The Morgan fingerprint density at radius 1 is 1.35 bits per heavy atom. The maximum absolute atomic E-state index is 11.2. The Kier molecular flexibility index (Phi) is 8.79. The van der Waals surface area contributed by atoms with Crippen molar-refractivity contribution < 1.29 is 19.1 Å². The number of amides is 1. The highest BCUT2D eigenvalue weighted by atomic mass is 35.5. The van der Waals surface area contributed by atoms with E-state index in [2.05, 4.69) is 10.1 Å². The second-order valence-corrected chi connectivity index (χ2v) is 4.35. The molecule has 3 N–H and O–H groups in total. The van der Waals surface area contributed by atoms with E-state index in [-0.39, 0.29) is 19.0 Å². The van der Waals surface area contributed by atoms with E-state index in [1.54, 1.807) is 20.8 Å². The highest BCUT2D eigenvalue weighted by molar-refractivity contribution is 5.85.